The standard InChI is InChI=1S/C20H16N4O2S/c1-12-5-3-8-17(13(12)2)23-19-18-16(10-27-20(18)22-11-21-19)14-6-4-7-15(9-14)24(25)26/h3-11H,1-2H3,(H,21,22,23). The highest BCUT2D eigenvalue weighted by atomic mass is 32.1. The highest BCUT2D eigenvalue weighted by Crippen LogP contribution is 2.38. The van der Waals surface area contributed by atoms with Gasteiger partial charge in [-0.15, -0.1) is 11.3 Å². The van der Waals surface area contributed by atoms with E-state index in [0.717, 1.165) is 32.6 Å². The Labute approximate surface area is 159 Å². The quantitative estimate of drug-likeness (QED) is 0.369. The Morgan fingerprint density at radius 3 is 2.74 bits per heavy atom. The van der Waals surface area contributed by atoms with Crippen LogP contribution in [0.5, 0.6) is 0 Å². The molecule has 0 amide bonds. The molecule has 7 heteroatoms. The fourth-order valence-electron chi connectivity index (χ4n) is 2.98. The molecule has 0 atom stereocenters. The number of nitro benzene ring substituents is 1. The van der Waals surface area contributed by atoms with Gasteiger partial charge in [0, 0.05) is 28.8 Å². The zero-order valence-electron chi connectivity index (χ0n) is 14.8. The van der Waals surface area contributed by atoms with Gasteiger partial charge in [0.1, 0.15) is 17.0 Å². The first-order valence-corrected chi connectivity index (χ1v) is 9.23. The number of anilines is 2. The van der Waals surface area contributed by atoms with E-state index in [1.807, 2.05) is 23.6 Å². The van der Waals surface area contributed by atoms with E-state index in [1.54, 1.807) is 12.1 Å². The van der Waals surface area contributed by atoms with Gasteiger partial charge in [0.25, 0.3) is 5.69 Å². The molecule has 0 unspecified atom stereocenters. The molecule has 0 spiro atoms. The highest BCUT2D eigenvalue weighted by molar-refractivity contribution is 7.17. The molecule has 2 heterocycles. The van der Waals surface area contributed by atoms with Crippen LogP contribution in [0.3, 0.4) is 0 Å². The molecule has 0 aliphatic rings. The van der Waals surface area contributed by atoms with Crippen LogP contribution in [0.25, 0.3) is 21.3 Å². The summed E-state index contributed by atoms with van der Waals surface area (Å²) in [6, 6.07) is 12.7. The largest absolute Gasteiger partial charge is 0.339 e. The lowest BCUT2D eigenvalue weighted by Crippen LogP contribution is -1.98. The Morgan fingerprint density at radius 2 is 1.93 bits per heavy atom. The maximum Gasteiger partial charge on any atom is 0.270 e. The summed E-state index contributed by atoms with van der Waals surface area (Å²) in [4.78, 5) is 20.4. The maximum absolute atomic E-state index is 11.1. The van der Waals surface area contributed by atoms with Gasteiger partial charge in [0.15, 0.2) is 0 Å². The number of benzene rings is 2. The van der Waals surface area contributed by atoms with E-state index in [2.05, 4.69) is 35.2 Å². The molecule has 4 rings (SSSR count). The van der Waals surface area contributed by atoms with Gasteiger partial charge in [-0.1, -0.05) is 24.3 Å². The van der Waals surface area contributed by atoms with Gasteiger partial charge in [-0.05, 0) is 36.6 Å². The lowest BCUT2D eigenvalue weighted by Gasteiger charge is -2.12. The van der Waals surface area contributed by atoms with Gasteiger partial charge in [-0.25, -0.2) is 9.97 Å². The van der Waals surface area contributed by atoms with Crippen LogP contribution in [-0.4, -0.2) is 14.9 Å². The number of hydrogen-bond donors (Lipinski definition) is 1. The summed E-state index contributed by atoms with van der Waals surface area (Å²) >= 11 is 1.49. The molecule has 2 aromatic carbocycles. The van der Waals surface area contributed by atoms with Gasteiger partial charge in [0.05, 0.1) is 10.3 Å². The number of fused-ring (bicyclic) bond motifs is 1. The van der Waals surface area contributed by atoms with E-state index >= 15 is 0 Å². The van der Waals surface area contributed by atoms with Gasteiger partial charge in [-0.2, -0.15) is 0 Å². The first-order valence-electron chi connectivity index (χ1n) is 8.35. The third kappa shape index (κ3) is 3.13. The Bertz CT molecular complexity index is 1170. The second-order valence-corrected chi connectivity index (χ2v) is 7.09. The summed E-state index contributed by atoms with van der Waals surface area (Å²) in [7, 11) is 0. The summed E-state index contributed by atoms with van der Waals surface area (Å²) in [5.41, 5.74) is 5.03. The summed E-state index contributed by atoms with van der Waals surface area (Å²) in [5, 5.41) is 17.4. The lowest BCUT2D eigenvalue weighted by atomic mass is 10.0. The van der Waals surface area contributed by atoms with Crippen molar-refractivity contribution in [3.8, 4) is 11.1 Å². The van der Waals surface area contributed by atoms with Crippen molar-refractivity contribution < 1.29 is 4.92 Å². The molecule has 0 aliphatic heterocycles. The van der Waals surface area contributed by atoms with Crippen LogP contribution >= 0.6 is 11.3 Å². The van der Waals surface area contributed by atoms with E-state index in [4.69, 9.17) is 0 Å². The molecule has 6 nitrogen and oxygen atoms in total. The minimum absolute atomic E-state index is 0.0627. The second kappa shape index (κ2) is 6.77. The Balaban J connectivity index is 1.86. The molecule has 1 N–H and O–H groups in total. The molecule has 4 aromatic rings. The molecule has 2 aromatic heterocycles. The summed E-state index contributed by atoms with van der Waals surface area (Å²) in [6.07, 6.45) is 1.53. The highest BCUT2D eigenvalue weighted by Gasteiger charge is 2.16. The molecule has 0 aliphatic carbocycles. The van der Waals surface area contributed by atoms with E-state index in [-0.39, 0.29) is 10.6 Å². The number of non-ortho nitro benzene ring substituents is 1. The molecular formula is C20H16N4O2S. The molecular weight excluding hydrogens is 360 g/mol. The molecule has 27 heavy (non-hydrogen) atoms. The van der Waals surface area contributed by atoms with Crippen molar-refractivity contribution in [2.24, 2.45) is 0 Å². The van der Waals surface area contributed by atoms with Crippen LogP contribution < -0.4 is 5.32 Å². The molecule has 134 valence electrons. The molecule has 0 saturated carbocycles. The first-order chi connectivity index (χ1) is 13.0. The van der Waals surface area contributed by atoms with E-state index in [0.29, 0.717) is 5.82 Å². The normalized spacial score (nSPS) is 10.9. The molecule has 0 radical (unpaired) electrons. The fraction of sp³-hybridized carbons (Fsp3) is 0.100. The number of aromatic nitrogens is 2. The average Bonchev–Trinajstić information content (AvgIpc) is 3.11. The third-order valence-corrected chi connectivity index (χ3v) is 5.48. The van der Waals surface area contributed by atoms with Crippen LogP contribution in [0.15, 0.2) is 54.2 Å². The van der Waals surface area contributed by atoms with Crippen molar-refractivity contribution in [3.63, 3.8) is 0 Å². The third-order valence-electron chi connectivity index (χ3n) is 4.60. The van der Waals surface area contributed by atoms with Crippen LogP contribution in [0.4, 0.5) is 17.2 Å². The zero-order chi connectivity index (χ0) is 19.0. The van der Waals surface area contributed by atoms with Gasteiger partial charge in [-0.3, -0.25) is 10.1 Å². The Kier molecular flexibility index (Phi) is 4.29. The van der Waals surface area contributed by atoms with Gasteiger partial charge in [0.2, 0.25) is 0 Å². The Hall–Kier alpha value is -3.32. The number of rotatable bonds is 4. The number of nitrogens with zero attached hydrogens (tertiary/aromatic N) is 3. The minimum atomic E-state index is -0.385. The van der Waals surface area contributed by atoms with Gasteiger partial charge < -0.3 is 5.32 Å². The van der Waals surface area contributed by atoms with Crippen LogP contribution in [0.2, 0.25) is 0 Å². The van der Waals surface area contributed by atoms with Crippen LogP contribution in [0, 0.1) is 24.0 Å². The van der Waals surface area contributed by atoms with Crippen molar-refractivity contribution >= 4 is 38.7 Å². The smallest absolute Gasteiger partial charge is 0.270 e. The van der Waals surface area contributed by atoms with Crippen LogP contribution in [-0.2, 0) is 0 Å². The number of thiophene rings is 1. The summed E-state index contributed by atoms with van der Waals surface area (Å²) in [6.45, 7) is 4.13. The average molecular weight is 376 g/mol. The van der Waals surface area contributed by atoms with Crippen molar-refractivity contribution in [1.29, 1.82) is 0 Å². The predicted molar refractivity (Wildman–Crippen MR) is 109 cm³/mol. The van der Waals surface area contributed by atoms with Crippen LogP contribution in [0.1, 0.15) is 11.1 Å². The topological polar surface area (TPSA) is 81.0 Å². The van der Waals surface area contributed by atoms with E-state index < -0.39 is 0 Å². The number of aryl methyl sites for hydroxylation is 1. The molecule has 0 bridgehead atoms. The monoisotopic (exact) mass is 376 g/mol. The first kappa shape index (κ1) is 17.1. The zero-order valence-corrected chi connectivity index (χ0v) is 15.6. The van der Waals surface area contributed by atoms with Crippen molar-refractivity contribution in [2.75, 3.05) is 5.32 Å². The lowest BCUT2D eigenvalue weighted by molar-refractivity contribution is -0.384. The van der Waals surface area contributed by atoms with E-state index in [9.17, 15) is 10.1 Å². The fourth-order valence-corrected chi connectivity index (χ4v) is 3.90. The van der Waals surface area contributed by atoms with Crippen molar-refractivity contribution in [3.05, 3.63) is 75.4 Å². The van der Waals surface area contributed by atoms with Crippen molar-refractivity contribution in [2.45, 2.75) is 13.8 Å². The maximum atomic E-state index is 11.1. The van der Waals surface area contributed by atoms with Gasteiger partial charge >= 0.3 is 0 Å². The molecule has 0 fully saturated rings. The van der Waals surface area contributed by atoms with E-state index in [1.165, 1.54) is 29.3 Å². The SMILES string of the molecule is Cc1cccc(Nc2ncnc3scc(-c4cccc([N+](=O)[O-])c4)c23)c1C. The Morgan fingerprint density at radius 1 is 1.11 bits per heavy atom. The number of nitro groups is 1. The second-order valence-electron chi connectivity index (χ2n) is 6.23. The summed E-state index contributed by atoms with van der Waals surface area (Å²) in [5.74, 6) is 0.691. The number of nitrogens with one attached hydrogen (secondary N) is 1. The number of hydrogen-bond acceptors (Lipinski definition) is 6. The molecule has 0 saturated heterocycles. The van der Waals surface area contributed by atoms with Crippen molar-refractivity contribution in [1.82, 2.24) is 9.97 Å². The summed E-state index contributed by atoms with van der Waals surface area (Å²) < 4.78 is 0. The minimum Gasteiger partial charge on any atom is -0.339 e. The predicted octanol–water partition coefficient (Wildman–Crippen LogP) is 5.63.